The van der Waals surface area contributed by atoms with Gasteiger partial charge in [-0.1, -0.05) is 6.42 Å². The molecule has 5 nitrogen and oxygen atoms in total. The molecule has 20 heavy (non-hydrogen) atoms. The van der Waals surface area contributed by atoms with E-state index in [1.54, 1.807) is 0 Å². The molecule has 0 bridgehead atoms. The highest BCUT2D eigenvalue weighted by molar-refractivity contribution is 7.99. The van der Waals surface area contributed by atoms with Gasteiger partial charge in [-0.3, -0.25) is 0 Å². The molecule has 0 aromatic carbocycles. The molecule has 0 atom stereocenters. The molecule has 2 aliphatic carbocycles. The van der Waals surface area contributed by atoms with Crippen molar-refractivity contribution < 1.29 is 0 Å². The van der Waals surface area contributed by atoms with E-state index in [4.69, 9.17) is 4.98 Å². The summed E-state index contributed by atoms with van der Waals surface area (Å²) in [5.41, 5.74) is 0. The zero-order valence-corrected chi connectivity index (χ0v) is 12.5. The van der Waals surface area contributed by atoms with Gasteiger partial charge in [-0.05, 0) is 25.7 Å². The van der Waals surface area contributed by atoms with Gasteiger partial charge in [0.15, 0.2) is 0 Å². The third-order valence-corrected chi connectivity index (χ3v) is 5.26. The molecular formula is C14H21N5S. The van der Waals surface area contributed by atoms with E-state index < -0.39 is 0 Å². The van der Waals surface area contributed by atoms with Crippen LogP contribution in [-0.4, -0.2) is 45.6 Å². The monoisotopic (exact) mass is 291 g/mol. The van der Waals surface area contributed by atoms with Crippen molar-refractivity contribution in [1.82, 2.24) is 15.0 Å². The lowest BCUT2D eigenvalue weighted by Gasteiger charge is -2.29. The Hall–Kier alpha value is -1.04. The Balaban J connectivity index is 1.60. The van der Waals surface area contributed by atoms with Crippen molar-refractivity contribution in [2.75, 3.05) is 34.8 Å². The molecule has 108 valence electrons. The first-order valence-electron chi connectivity index (χ1n) is 7.74. The summed E-state index contributed by atoms with van der Waals surface area (Å²) in [4.78, 5) is 16.4. The molecule has 2 saturated carbocycles. The predicted molar refractivity (Wildman–Crippen MR) is 82.6 cm³/mol. The Morgan fingerprint density at radius 1 is 1.00 bits per heavy atom. The quantitative estimate of drug-likeness (QED) is 0.918. The molecule has 4 rings (SSSR count). The lowest BCUT2D eigenvalue weighted by Crippen LogP contribution is -2.34. The largest absolute Gasteiger partial charge is 0.351 e. The minimum Gasteiger partial charge on any atom is -0.351 e. The van der Waals surface area contributed by atoms with E-state index in [1.807, 2.05) is 11.8 Å². The average Bonchev–Trinajstić information content (AvgIpc) is 3.21. The third-order valence-electron chi connectivity index (χ3n) is 4.32. The molecular weight excluding hydrogens is 270 g/mol. The van der Waals surface area contributed by atoms with Crippen molar-refractivity contribution in [2.45, 2.75) is 44.1 Å². The highest BCUT2D eigenvalue weighted by Crippen LogP contribution is 2.35. The van der Waals surface area contributed by atoms with Crippen molar-refractivity contribution >= 4 is 23.7 Å². The normalized spacial score (nSPS) is 23.5. The van der Waals surface area contributed by atoms with Crippen LogP contribution >= 0.6 is 11.8 Å². The zero-order valence-electron chi connectivity index (χ0n) is 11.7. The molecule has 1 aromatic rings. The van der Waals surface area contributed by atoms with Crippen LogP contribution in [0.15, 0.2) is 0 Å². The standard InChI is InChI=1S/C14H21N5S/c1-2-10(3-1)12-16-13(15-11-4-5-11)18-14(17-12)19-6-8-20-9-7-19/h10-11H,1-9H2,(H,15,16,17,18). The number of anilines is 2. The summed E-state index contributed by atoms with van der Waals surface area (Å²) in [5, 5.41) is 3.44. The molecule has 1 saturated heterocycles. The Kier molecular flexibility index (Phi) is 3.42. The van der Waals surface area contributed by atoms with Gasteiger partial charge in [0, 0.05) is 36.6 Å². The second-order valence-corrected chi connectivity index (χ2v) is 7.19. The van der Waals surface area contributed by atoms with E-state index in [2.05, 4.69) is 20.2 Å². The molecule has 2 heterocycles. The number of aromatic nitrogens is 3. The van der Waals surface area contributed by atoms with Gasteiger partial charge in [0.1, 0.15) is 5.82 Å². The van der Waals surface area contributed by atoms with Gasteiger partial charge in [0.2, 0.25) is 11.9 Å². The summed E-state index contributed by atoms with van der Waals surface area (Å²) in [6.07, 6.45) is 6.29. The van der Waals surface area contributed by atoms with Gasteiger partial charge in [-0.15, -0.1) is 0 Å². The van der Waals surface area contributed by atoms with Crippen LogP contribution < -0.4 is 10.2 Å². The van der Waals surface area contributed by atoms with Gasteiger partial charge in [-0.2, -0.15) is 26.7 Å². The van der Waals surface area contributed by atoms with Crippen LogP contribution in [0.2, 0.25) is 0 Å². The summed E-state index contributed by atoms with van der Waals surface area (Å²) >= 11 is 2.02. The number of rotatable bonds is 4. The summed E-state index contributed by atoms with van der Waals surface area (Å²) in [6, 6.07) is 0.594. The van der Waals surface area contributed by atoms with Gasteiger partial charge in [0.25, 0.3) is 0 Å². The van der Waals surface area contributed by atoms with Crippen molar-refractivity contribution in [1.29, 1.82) is 0 Å². The van der Waals surface area contributed by atoms with Crippen molar-refractivity contribution in [3.05, 3.63) is 5.82 Å². The van der Waals surface area contributed by atoms with E-state index in [0.717, 1.165) is 30.8 Å². The number of hydrogen-bond acceptors (Lipinski definition) is 6. The maximum absolute atomic E-state index is 4.76. The fourth-order valence-electron chi connectivity index (χ4n) is 2.61. The number of nitrogens with one attached hydrogen (secondary N) is 1. The van der Waals surface area contributed by atoms with Crippen LogP contribution in [0.4, 0.5) is 11.9 Å². The van der Waals surface area contributed by atoms with E-state index >= 15 is 0 Å². The number of thioether (sulfide) groups is 1. The Labute approximate surface area is 124 Å². The van der Waals surface area contributed by atoms with Gasteiger partial charge >= 0.3 is 0 Å². The first kappa shape index (κ1) is 12.7. The molecule has 0 radical (unpaired) electrons. The smallest absolute Gasteiger partial charge is 0.230 e. The second kappa shape index (κ2) is 5.39. The minimum absolute atomic E-state index is 0.565. The maximum atomic E-state index is 4.76. The fourth-order valence-corrected chi connectivity index (χ4v) is 3.51. The zero-order chi connectivity index (χ0) is 13.4. The molecule has 6 heteroatoms. The number of nitrogens with zero attached hydrogens (tertiary/aromatic N) is 4. The summed E-state index contributed by atoms with van der Waals surface area (Å²) < 4.78 is 0. The van der Waals surface area contributed by atoms with Crippen molar-refractivity contribution in [3.8, 4) is 0 Å². The Morgan fingerprint density at radius 2 is 1.80 bits per heavy atom. The fraction of sp³-hybridized carbons (Fsp3) is 0.786. The SMILES string of the molecule is C1CC(c2nc(NC3CC3)nc(N3CCSCC3)n2)C1. The molecule has 1 aliphatic heterocycles. The Morgan fingerprint density at radius 3 is 2.45 bits per heavy atom. The van der Waals surface area contributed by atoms with Crippen molar-refractivity contribution in [3.63, 3.8) is 0 Å². The topological polar surface area (TPSA) is 53.9 Å². The van der Waals surface area contributed by atoms with Gasteiger partial charge in [-0.25, -0.2) is 0 Å². The molecule has 0 spiro atoms. The summed E-state index contributed by atoms with van der Waals surface area (Å²) in [5.74, 6) is 5.63. The highest BCUT2D eigenvalue weighted by atomic mass is 32.2. The van der Waals surface area contributed by atoms with Crippen LogP contribution in [0.25, 0.3) is 0 Å². The highest BCUT2D eigenvalue weighted by Gasteiger charge is 2.27. The van der Waals surface area contributed by atoms with E-state index in [1.165, 1.54) is 43.6 Å². The van der Waals surface area contributed by atoms with Gasteiger partial charge < -0.3 is 10.2 Å². The first-order chi connectivity index (χ1) is 9.88. The summed E-state index contributed by atoms with van der Waals surface area (Å²) in [6.45, 7) is 2.11. The minimum atomic E-state index is 0.565. The summed E-state index contributed by atoms with van der Waals surface area (Å²) in [7, 11) is 0. The van der Waals surface area contributed by atoms with Crippen LogP contribution in [-0.2, 0) is 0 Å². The average molecular weight is 291 g/mol. The second-order valence-electron chi connectivity index (χ2n) is 5.96. The van der Waals surface area contributed by atoms with Crippen LogP contribution in [0.1, 0.15) is 43.8 Å². The molecule has 3 fully saturated rings. The molecule has 0 amide bonds. The van der Waals surface area contributed by atoms with Crippen LogP contribution in [0.3, 0.4) is 0 Å². The van der Waals surface area contributed by atoms with E-state index in [0.29, 0.717) is 12.0 Å². The lowest BCUT2D eigenvalue weighted by molar-refractivity contribution is 0.400. The molecule has 3 aliphatic rings. The molecule has 0 unspecified atom stereocenters. The molecule has 1 N–H and O–H groups in total. The van der Waals surface area contributed by atoms with E-state index in [-0.39, 0.29) is 0 Å². The van der Waals surface area contributed by atoms with E-state index in [9.17, 15) is 0 Å². The van der Waals surface area contributed by atoms with Crippen LogP contribution in [0.5, 0.6) is 0 Å². The molecule has 1 aromatic heterocycles. The predicted octanol–water partition coefficient (Wildman–Crippen LogP) is 2.27. The first-order valence-corrected chi connectivity index (χ1v) is 8.89. The van der Waals surface area contributed by atoms with Gasteiger partial charge in [0.05, 0.1) is 0 Å². The maximum Gasteiger partial charge on any atom is 0.230 e. The number of hydrogen-bond donors (Lipinski definition) is 1. The third kappa shape index (κ3) is 2.71. The lowest BCUT2D eigenvalue weighted by atomic mass is 9.85. The van der Waals surface area contributed by atoms with Crippen LogP contribution in [0, 0.1) is 0 Å². The Bertz CT molecular complexity index is 480. The van der Waals surface area contributed by atoms with Crippen molar-refractivity contribution in [2.24, 2.45) is 0 Å².